The van der Waals surface area contributed by atoms with Gasteiger partial charge < -0.3 is 25.0 Å². The highest BCUT2D eigenvalue weighted by molar-refractivity contribution is 5.99. The summed E-state index contributed by atoms with van der Waals surface area (Å²) in [5, 5.41) is 6.62. The molecule has 2 aromatic heterocycles. The van der Waals surface area contributed by atoms with Gasteiger partial charge in [-0.1, -0.05) is 12.6 Å². The van der Waals surface area contributed by atoms with Gasteiger partial charge >= 0.3 is 0 Å². The maximum absolute atomic E-state index is 13.1. The standard InChI is InChI=1S/C28H30N6O4.ClH/c1-6-25(35)30-19-8-7-9-20(15-19)34-26(36)14-18(2)22-17-29-28(32-27(22)34)31-23-11-10-21(16-24(23)37-5)38-13-12-33(3)4;/h6-11,14-17H,1,12-13H2,2-5H3,(H,30,35)(H,29,31,32);1H. The van der Waals surface area contributed by atoms with Crippen LogP contribution < -0.4 is 25.7 Å². The second kappa shape index (κ2) is 12.9. The van der Waals surface area contributed by atoms with E-state index in [1.54, 1.807) is 43.6 Å². The van der Waals surface area contributed by atoms with Gasteiger partial charge in [0.1, 0.15) is 18.1 Å². The molecule has 0 fully saturated rings. The van der Waals surface area contributed by atoms with Crippen molar-refractivity contribution in [2.45, 2.75) is 6.92 Å². The fraction of sp³-hybridized carbons (Fsp3) is 0.214. The Bertz CT molecular complexity index is 1550. The van der Waals surface area contributed by atoms with Crippen molar-refractivity contribution in [3.05, 3.63) is 83.3 Å². The molecule has 2 N–H and O–H groups in total. The lowest BCUT2D eigenvalue weighted by molar-refractivity contribution is -0.111. The molecule has 39 heavy (non-hydrogen) atoms. The number of aryl methyl sites for hydroxylation is 1. The molecule has 11 heteroatoms. The second-order valence-corrected chi connectivity index (χ2v) is 8.81. The number of carbonyl (C=O) groups excluding carboxylic acids is 1. The molecule has 4 rings (SSSR count). The number of nitrogens with zero attached hydrogens (tertiary/aromatic N) is 4. The topological polar surface area (TPSA) is 111 Å². The first-order chi connectivity index (χ1) is 18.3. The highest BCUT2D eigenvalue weighted by Crippen LogP contribution is 2.31. The molecule has 0 spiro atoms. The van der Waals surface area contributed by atoms with Crippen LogP contribution in [-0.2, 0) is 4.79 Å². The molecular weight excluding hydrogens is 520 g/mol. The van der Waals surface area contributed by atoms with Crippen molar-refractivity contribution in [2.75, 3.05) is 45.0 Å². The Hall–Kier alpha value is -4.41. The summed E-state index contributed by atoms with van der Waals surface area (Å²) in [7, 11) is 5.54. The predicted octanol–water partition coefficient (Wildman–Crippen LogP) is 4.33. The Labute approximate surface area is 232 Å². The van der Waals surface area contributed by atoms with E-state index in [1.165, 1.54) is 16.7 Å². The fourth-order valence-corrected chi connectivity index (χ4v) is 3.81. The Balaban J connectivity index is 0.00000420. The van der Waals surface area contributed by atoms with Crippen molar-refractivity contribution in [1.29, 1.82) is 0 Å². The summed E-state index contributed by atoms with van der Waals surface area (Å²) in [5.41, 5.74) is 2.62. The van der Waals surface area contributed by atoms with E-state index >= 15 is 0 Å². The number of pyridine rings is 1. The van der Waals surface area contributed by atoms with Gasteiger partial charge in [0.15, 0.2) is 5.65 Å². The third kappa shape index (κ3) is 6.92. The van der Waals surface area contributed by atoms with E-state index in [9.17, 15) is 9.59 Å². The number of benzene rings is 2. The second-order valence-electron chi connectivity index (χ2n) is 8.81. The Kier molecular flexibility index (Phi) is 9.64. The smallest absolute Gasteiger partial charge is 0.257 e. The third-order valence-electron chi connectivity index (χ3n) is 5.75. The SMILES string of the molecule is C=CC(=O)Nc1cccc(-n2c(=O)cc(C)c3cnc(Nc4ccc(OCCN(C)C)cc4OC)nc32)c1.Cl. The minimum atomic E-state index is -0.347. The quantitative estimate of drug-likeness (QED) is 0.281. The van der Waals surface area contributed by atoms with Gasteiger partial charge in [0.2, 0.25) is 11.9 Å². The number of anilines is 3. The van der Waals surface area contributed by atoms with Gasteiger partial charge in [0.05, 0.1) is 18.5 Å². The number of halogens is 1. The van der Waals surface area contributed by atoms with Crippen LogP contribution in [0.4, 0.5) is 17.3 Å². The summed E-state index contributed by atoms with van der Waals surface area (Å²) in [6.45, 7) is 6.65. The number of rotatable bonds is 10. The van der Waals surface area contributed by atoms with Crippen LogP contribution in [0.2, 0.25) is 0 Å². The largest absolute Gasteiger partial charge is 0.494 e. The molecule has 2 heterocycles. The zero-order valence-electron chi connectivity index (χ0n) is 22.2. The lowest BCUT2D eigenvalue weighted by Gasteiger charge is -2.15. The minimum absolute atomic E-state index is 0. The van der Waals surface area contributed by atoms with Gasteiger partial charge in [0.25, 0.3) is 5.56 Å². The maximum atomic E-state index is 13.1. The van der Waals surface area contributed by atoms with E-state index in [-0.39, 0.29) is 29.8 Å². The Morgan fingerprint density at radius 1 is 1.18 bits per heavy atom. The zero-order chi connectivity index (χ0) is 27.2. The summed E-state index contributed by atoms with van der Waals surface area (Å²) in [6.07, 6.45) is 2.85. The van der Waals surface area contributed by atoms with Gasteiger partial charge in [-0.2, -0.15) is 4.98 Å². The van der Waals surface area contributed by atoms with Crippen LogP contribution in [0.5, 0.6) is 11.5 Å². The molecule has 4 aromatic rings. The van der Waals surface area contributed by atoms with Gasteiger partial charge in [-0.05, 0) is 63.0 Å². The molecule has 10 nitrogen and oxygen atoms in total. The number of likely N-dealkylation sites (N-methyl/N-ethyl adjacent to an activating group) is 1. The Morgan fingerprint density at radius 2 is 1.97 bits per heavy atom. The molecule has 1 amide bonds. The van der Waals surface area contributed by atoms with Crippen molar-refractivity contribution >= 4 is 46.7 Å². The summed E-state index contributed by atoms with van der Waals surface area (Å²) in [6, 6.07) is 13.9. The van der Waals surface area contributed by atoms with Crippen LogP contribution in [0.25, 0.3) is 16.7 Å². The molecule has 0 atom stereocenters. The maximum Gasteiger partial charge on any atom is 0.257 e. The number of amides is 1. The lowest BCUT2D eigenvalue weighted by atomic mass is 10.2. The van der Waals surface area contributed by atoms with E-state index in [4.69, 9.17) is 9.47 Å². The predicted molar refractivity (Wildman–Crippen MR) is 156 cm³/mol. The van der Waals surface area contributed by atoms with Gasteiger partial charge in [-0.25, -0.2) is 4.98 Å². The summed E-state index contributed by atoms with van der Waals surface area (Å²) >= 11 is 0. The first-order valence-corrected chi connectivity index (χ1v) is 11.9. The number of hydrogen-bond acceptors (Lipinski definition) is 8. The number of hydrogen-bond donors (Lipinski definition) is 2. The van der Waals surface area contributed by atoms with Gasteiger partial charge in [0, 0.05) is 35.9 Å². The molecule has 0 saturated heterocycles. The molecule has 0 unspecified atom stereocenters. The van der Waals surface area contributed by atoms with Crippen molar-refractivity contribution < 1.29 is 14.3 Å². The summed E-state index contributed by atoms with van der Waals surface area (Å²) in [5.74, 6) is 1.18. The number of fused-ring (bicyclic) bond motifs is 1. The van der Waals surface area contributed by atoms with Gasteiger partial charge in [-0.15, -0.1) is 12.4 Å². The first-order valence-electron chi connectivity index (χ1n) is 11.9. The zero-order valence-corrected chi connectivity index (χ0v) is 23.0. The van der Waals surface area contributed by atoms with Crippen LogP contribution >= 0.6 is 12.4 Å². The highest BCUT2D eigenvalue weighted by Gasteiger charge is 2.14. The molecular formula is C28H31ClN6O4. The molecule has 0 saturated carbocycles. The molecule has 204 valence electrons. The summed E-state index contributed by atoms with van der Waals surface area (Å²) < 4.78 is 12.8. The molecule has 0 radical (unpaired) electrons. The average molecular weight is 551 g/mol. The van der Waals surface area contributed by atoms with E-state index < -0.39 is 0 Å². The molecule has 2 aromatic carbocycles. The first kappa shape index (κ1) is 29.2. The van der Waals surface area contributed by atoms with Crippen molar-refractivity contribution in [3.63, 3.8) is 0 Å². The van der Waals surface area contributed by atoms with Crippen molar-refractivity contribution in [3.8, 4) is 17.2 Å². The minimum Gasteiger partial charge on any atom is -0.494 e. The van der Waals surface area contributed by atoms with E-state index in [0.29, 0.717) is 46.2 Å². The van der Waals surface area contributed by atoms with Crippen LogP contribution in [0.15, 0.2) is 72.2 Å². The van der Waals surface area contributed by atoms with Crippen LogP contribution in [-0.4, -0.2) is 59.7 Å². The highest BCUT2D eigenvalue weighted by atomic mass is 35.5. The molecule has 0 bridgehead atoms. The average Bonchev–Trinajstić information content (AvgIpc) is 2.89. The normalized spacial score (nSPS) is 10.6. The molecule has 0 aliphatic carbocycles. The fourth-order valence-electron chi connectivity index (χ4n) is 3.81. The van der Waals surface area contributed by atoms with E-state index in [0.717, 1.165) is 12.1 Å². The van der Waals surface area contributed by atoms with Crippen molar-refractivity contribution in [1.82, 2.24) is 19.4 Å². The monoisotopic (exact) mass is 550 g/mol. The van der Waals surface area contributed by atoms with Crippen LogP contribution in [0.3, 0.4) is 0 Å². The molecule has 0 aliphatic rings. The third-order valence-corrected chi connectivity index (χ3v) is 5.75. The summed E-state index contributed by atoms with van der Waals surface area (Å²) in [4.78, 5) is 36.1. The van der Waals surface area contributed by atoms with Crippen LogP contribution in [0, 0.1) is 6.92 Å². The Morgan fingerprint density at radius 3 is 2.69 bits per heavy atom. The molecule has 0 aliphatic heterocycles. The number of carbonyl (C=O) groups is 1. The van der Waals surface area contributed by atoms with Crippen molar-refractivity contribution in [2.24, 2.45) is 0 Å². The van der Waals surface area contributed by atoms with Crippen LogP contribution in [0.1, 0.15) is 5.56 Å². The lowest BCUT2D eigenvalue weighted by Crippen LogP contribution is -2.20. The van der Waals surface area contributed by atoms with E-state index in [2.05, 4.69) is 27.2 Å². The number of methoxy groups -OCH3 is 1. The number of ether oxygens (including phenoxy) is 2. The van der Waals surface area contributed by atoms with Gasteiger partial charge in [-0.3, -0.25) is 14.2 Å². The number of nitrogens with one attached hydrogen (secondary N) is 2. The number of aromatic nitrogens is 3. The van der Waals surface area contributed by atoms with E-state index in [1.807, 2.05) is 38.1 Å².